The van der Waals surface area contributed by atoms with Gasteiger partial charge < -0.3 is 10.0 Å². The van der Waals surface area contributed by atoms with Crippen LogP contribution in [0, 0.1) is 0 Å². The maximum absolute atomic E-state index is 14.1. The first kappa shape index (κ1) is 22.0. The highest BCUT2D eigenvalue weighted by Crippen LogP contribution is 2.44. The van der Waals surface area contributed by atoms with Crippen LogP contribution in [0.15, 0.2) is 48.8 Å². The van der Waals surface area contributed by atoms with Crippen molar-refractivity contribution in [1.82, 2.24) is 14.7 Å². The normalized spacial score (nSPS) is 20.5. The van der Waals surface area contributed by atoms with Crippen molar-refractivity contribution in [2.75, 3.05) is 0 Å². The van der Waals surface area contributed by atoms with Crippen molar-refractivity contribution in [3.8, 4) is 5.69 Å². The Morgan fingerprint density at radius 1 is 1.18 bits per heavy atom. The van der Waals surface area contributed by atoms with E-state index in [1.807, 2.05) is 0 Å². The molecule has 5 rings (SSSR count). The molecule has 9 heteroatoms. The molecule has 2 atom stereocenters. The van der Waals surface area contributed by atoms with Crippen LogP contribution in [0.25, 0.3) is 5.69 Å². The highest BCUT2D eigenvalue weighted by atomic mass is 35.5. The van der Waals surface area contributed by atoms with Gasteiger partial charge in [-0.3, -0.25) is 4.79 Å². The Morgan fingerprint density at radius 3 is 2.55 bits per heavy atom. The molecule has 2 heterocycles. The second kappa shape index (κ2) is 8.18. The molecule has 1 aromatic heterocycles. The number of hydrogen-bond donors (Lipinski definition) is 1. The number of nitrogens with zero attached hydrogens (tertiary/aromatic N) is 3. The first-order valence-corrected chi connectivity index (χ1v) is 11.1. The number of hydrogen-bond acceptors (Lipinski definition) is 3. The summed E-state index contributed by atoms with van der Waals surface area (Å²) in [5, 5.41) is 13.9. The Bertz CT molecular complexity index is 1190. The molecule has 2 aliphatic rings. The molecular weight excluding hydrogens is 455 g/mol. The Balaban J connectivity index is 1.51. The van der Waals surface area contributed by atoms with Crippen molar-refractivity contribution in [3.05, 3.63) is 81.6 Å². The van der Waals surface area contributed by atoms with E-state index in [1.165, 1.54) is 11.0 Å². The van der Waals surface area contributed by atoms with Crippen LogP contribution in [0.1, 0.15) is 51.9 Å². The predicted octanol–water partition coefficient (Wildman–Crippen LogP) is 5.00. The lowest BCUT2D eigenvalue weighted by atomic mass is 9.94. The van der Waals surface area contributed by atoms with Crippen molar-refractivity contribution in [1.29, 1.82) is 0 Å². The zero-order chi connectivity index (χ0) is 23.3. The number of fused-ring (bicyclic) bond motifs is 1. The van der Waals surface area contributed by atoms with Crippen LogP contribution in [-0.2, 0) is 19.1 Å². The molecule has 1 aliphatic heterocycles. The van der Waals surface area contributed by atoms with E-state index < -0.39 is 28.9 Å². The molecule has 1 amide bonds. The van der Waals surface area contributed by atoms with Gasteiger partial charge in [-0.15, -0.1) is 0 Å². The highest BCUT2D eigenvalue weighted by Gasteiger charge is 2.44. The van der Waals surface area contributed by atoms with E-state index in [9.17, 15) is 23.1 Å². The highest BCUT2D eigenvalue weighted by molar-refractivity contribution is 6.33. The molecule has 0 unspecified atom stereocenters. The number of benzene rings is 2. The fraction of sp³-hybridized carbons (Fsp3) is 0.333. The fourth-order valence-electron chi connectivity index (χ4n) is 4.89. The Hall–Kier alpha value is -2.84. The Labute approximate surface area is 193 Å². The van der Waals surface area contributed by atoms with Crippen molar-refractivity contribution in [3.63, 3.8) is 0 Å². The van der Waals surface area contributed by atoms with Gasteiger partial charge in [0.1, 0.15) is 0 Å². The molecular formula is C24H21ClF3N3O2. The van der Waals surface area contributed by atoms with Crippen molar-refractivity contribution >= 4 is 17.5 Å². The van der Waals surface area contributed by atoms with Crippen molar-refractivity contribution in [2.45, 2.75) is 50.6 Å². The maximum Gasteiger partial charge on any atom is 0.418 e. The number of alkyl halides is 3. The van der Waals surface area contributed by atoms with E-state index in [0.717, 1.165) is 12.1 Å². The standard InChI is InChI=1S/C24H21ClF3N3O2/c25-22-18-13-30(19-3-1-4-20(19)32)23(33)17(18)12-15(21(22)24(26,27)28)11-14-5-7-16(8-6-14)31-10-2-9-29-31/h2,5-10,12,19-20,32H,1,3-4,11,13H2/t19-,20-/m1/s1. The third-order valence-electron chi connectivity index (χ3n) is 6.50. The lowest BCUT2D eigenvalue weighted by Crippen LogP contribution is -2.40. The lowest BCUT2D eigenvalue weighted by molar-refractivity contribution is -0.138. The molecule has 0 saturated heterocycles. The van der Waals surface area contributed by atoms with E-state index in [0.29, 0.717) is 18.4 Å². The Kier molecular flexibility index (Phi) is 5.45. The van der Waals surface area contributed by atoms with Crippen LogP contribution < -0.4 is 0 Å². The number of aliphatic hydroxyl groups is 1. The average molecular weight is 476 g/mol. The minimum absolute atomic E-state index is 0.0172. The van der Waals surface area contributed by atoms with Gasteiger partial charge in [0.25, 0.3) is 5.91 Å². The zero-order valence-electron chi connectivity index (χ0n) is 17.5. The fourth-order valence-corrected chi connectivity index (χ4v) is 5.28. The summed E-state index contributed by atoms with van der Waals surface area (Å²) in [6.07, 6.45) is 0.0214. The second-order valence-corrected chi connectivity index (χ2v) is 8.92. The van der Waals surface area contributed by atoms with Gasteiger partial charge in [0, 0.05) is 30.1 Å². The van der Waals surface area contributed by atoms with Crippen LogP contribution in [0.4, 0.5) is 13.2 Å². The summed E-state index contributed by atoms with van der Waals surface area (Å²) in [7, 11) is 0. The summed E-state index contributed by atoms with van der Waals surface area (Å²) in [6, 6.07) is 9.74. The molecule has 0 bridgehead atoms. The van der Waals surface area contributed by atoms with Gasteiger partial charge >= 0.3 is 6.18 Å². The van der Waals surface area contributed by atoms with Gasteiger partial charge in [-0.1, -0.05) is 23.7 Å². The Morgan fingerprint density at radius 2 is 1.94 bits per heavy atom. The number of carbonyl (C=O) groups is 1. The smallest absolute Gasteiger partial charge is 0.391 e. The quantitative estimate of drug-likeness (QED) is 0.577. The van der Waals surface area contributed by atoms with E-state index in [4.69, 9.17) is 11.6 Å². The first-order valence-electron chi connectivity index (χ1n) is 10.7. The van der Waals surface area contributed by atoms with E-state index in [-0.39, 0.29) is 35.6 Å². The molecule has 1 aliphatic carbocycles. The first-order chi connectivity index (χ1) is 15.7. The van der Waals surface area contributed by atoms with Gasteiger partial charge in [-0.25, -0.2) is 4.68 Å². The van der Waals surface area contributed by atoms with E-state index in [1.54, 1.807) is 47.4 Å². The molecule has 3 aromatic rings. The molecule has 2 aromatic carbocycles. The van der Waals surface area contributed by atoms with Crippen LogP contribution in [0.2, 0.25) is 5.02 Å². The van der Waals surface area contributed by atoms with Crippen molar-refractivity contribution in [2.24, 2.45) is 0 Å². The monoisotopic (exact) mass is 475 g/mol. The topological polar surface area (TPSA) is 58.4 Å². The number of carbonyl (C=O) groups excluding carboxylic acids is 1. The van der Waals surface area contributed by atoms with Gasteiger partial charge in [0.2, 0.25) is 0 Å². The number of halogens is 4. The molecule has 1 saturated carbocycles. The summed E-state index contributed by atoms with van der Waals surface area (Å²) in [6.45, 7) is -0.0172. The number of rotatable bonds is 4. The van der Waals surface area contributed by atoms with Gasteiger partial charge in [0.15, 0.2) is 0 Å². The summed E-state index contributed by atoms with van der Waals surface area (Å²) >= 11 is 6.30. The SMILES string of the molecule is O=C1c2cc(Cc3ccc(-n4cccn4)cc3)c(C(F)(F)F)c(Cl)c2CN1[C@@H]1CCC[C@H]1O. The van der Waals surface area contributed by atoms with Crippen LogP contribution in [-0.4, -0.2) is 37.8 Å². The summed E-state index contributed by atoms with van der Waals surface area (Å²) < 4.78 is 43.8. The number of amides is 1. The van der Waals surface area contributed by atoms with Crippen LogP contribution in [0.5, 0.6) is 0 Å². The molecule has 5 nitrogen and oxygen atoms in total. The molecule has 0 spiro atoms. The lowest BCUT2D eigenvalue weighted by Gasteiger charge is -2.26. The number of aliphatic hydroxyl groups excluding tert-OH is 1. The molecule has 33 heavy (non-hydrogen) atoms. The minimum atomic E-state index is -4.67. The molecule has 1 fully saturated rings. The van der Waals surface area contributed by atoms with Gasteiger partial charge in [-0.2, -0.15) is 18.3 Å². The third-order valence-corrected chi connectivity index (χ3v) is 6.91. The maximum atomic E-state index is 14.1. The summed E-state index contributed by atoms with van der Waals surface area (Å²) in [5.41, 5.74) is 0.871. The van der Waals surface area contributed by atoms with E-state index >= 15 is 0 Å². The number of aromatic nitrogens is 2. The van der Waals surface area contributed by atoms with Gasteiger partial charge in [-0.05, 0) is 61.1 Å². The largest absolute Gasteiger partial charge is 0.418 e. The predicted molar refractivity (Wildman–Crippen MR) is 116 cm³/mol. The van der Waals surface area contributed by atoms with Crippen LogP contribution in [0.3, 0.4) is 0 Å². The average Bonchev–Trinajstić information content (AvgIpc) is 3.50. The molecule has 172 valence electrons. The summed E-state index contributed by atoms with van der Waals surface area (Å²) in [4.78, 5) is 14.6. The minimum Gasteiger partial charge on any atom is -0.391 e. The molecule has 0 radical (unpaired) electrons. The summed E-state index contributed by atoms with van der Waals surface area (Å²) in [5.74, 6) is -0.373. The van der Waals surface area contributed by atoms with Crippen LogP contribution >= 0.6 is 11.6 Å². The second-order valence-electron chi connectivity index (χ2n) is 8.54. The van der Waals surface area contributed by atoms with E-state index in [2.05, 4.69) is 5.10 Å². The van der Waals surface area contributed by atoms with Gasteiger partial charge in [0.05, 0.1) is 28.4 Å². The third kappa shape index (κ3) is 3.91. The zero-order valence-corrected chi connectivity index (χ0v) is 18.3. The molecule has 1 N–H and O–H groups in total. The van der Waals surface area contributed by atoms with Crippen molar-refractivity contribution < 1.29 is 23.1 Å².